The van der Waals surface area contributed by atoms with Crippen LogP contribution in [-0.4, -0.2) is 22.2 Å². The van der Waals surface area contributed by atoms with Crippen LogP contribution in [0.3, 0.4) is 0 Å². The zero-order valence-electron chi connectivity index (χ0n) is 12.0. The summed E-state index contributed by atoms with van der Waals surface area (Å²) in [6.07, 6.45) is 0. The number of hydrogen-bond donors (Lipinski definition) is 2. The van der Waals surface area contributed by atoms with E-state index in [9.17, 15) is 9.59 Å². The van der Waals surface area contributed by atoms with Gasteiger partial charge in [-0.1, -0.05) is 0 Å². The number of rotatable bonds is 2. The molecule has 0 aliphatic heterocycles. The first-order valence-electron chi connectivity index (χ1n) is 3.18. The SMILES string of the molecule is O=C(O)c1ccc(C(=O)O)cc1.[H-].[H-].[H-].[Na+].[Na+].[Na+]. The van der Waals surface area contributed by atoms with E-state index >= 15 is 0 Å². The molecular formula is C8H9Na3O4. The molecule has 2 N–H and O–H groups in total. The predicted molar refractivity (Wildman–Crippen MR) is 43.7 cm³/mol. The third-order valence-electron chi connectivity index (χ3n) is 1.38. The molecule has 15 heavy (non-hydrogen) atoms. The molecule has 1 rings (SSSR count). The average Bonchev–Trinajstić information content (AvgIpc) is 2.04. The maximum absolute atomic E-state index is 10.3. The molecule has 0 aromatic heterocycles. The summed E-state index contributed by atoms with van der Waals surface area (Å²) < 4.78 is 0. The van der Waals surface area contributed by atoms with Crippen molar-refractivity contribution in [3.8, 4) is 0 Å². The van der Waals surface area contributed by atoms with E-state index in [1.54, 1.807) is 0 Å². The van der Waals surface area contributed by atoms with E-state index in [1.165, 1.54) is 24.3 Å². The van der Waals surface area contributed by atoms with Crippen molar-refractivity contribution in [2.45, 2.75) is 0 Å². The van der Waals surface area contributed by atoms with Crippen molar-refractivity contribution < 1.29 is 113 Å². The largest absolute Gasteiger partial charge is 1.00 e. The molecule has 0 atom stereocenters. The summed E-state index contributed by atoms with van der Waals surface area (Å²) in [7, 11) is 0. The predicted octanol–water partition coefficient (Wildman–Crippen LogP) is -7.57. The Labute approximate surface area is 158 Å². The van der Waals surface area contributed by atoms with E-state index < -0.39 is 11.9 Å². The zero-order valence-corrected chi connectivity index (χ0v) is 15.0. The van der Waals surface area contributed by atoms with Crippen LogP contribution in [0.1, 0.15) is 25.0 Å². The Hall–Kier alpha value is 1.16. The molecule has 0 saturated heterocycles. The number of aromatic carboxylic acids is 2. The number of benzene rings is 1. The summed E-state index contributed by atoms with van der Waals surface area (Å²) in [6.45, 7) is 0. The van der Waals surface area contributed by atoms with E-state index in [0.717, 1.165) is 0 Å². The molecule has 0 bridgehead atoms. The molecular weight excluding hydrogens is 229 g/mol. The quantitative estimate of drug-likeness (QED) is 0.502. The molecule has 0 aliphatic carbocycles. The van der Waals surface area contributed by atoms with Crippen LogP contribution in [0.15, 0.2) is 24.3 Å². The van der Waals surface area contributed by atoms with Gasteiger partial charge in [-0.2, -0.15) is 0 Å². The summed E-state index contributed by atoms with van der Waals surface area (Å²) in [5.41, 5.74) is 0.167. The van der Waals surface area contributed by atoms with Crippen LogP contribution in [0, 0.1) is 0 Å². The molecule has 1 aromatic carbocycles. The fourth-order valence-electron chi connectivity index (χ4n) is 0.755. The van der Waals surface area contributed by atoms with Crippen LogP contribution in [0.5, 0.6) is 0 Å². The van der Waals surface area contributed by atoms with Gasteiger partial charge in [0.2, 0.25) is 0 Å². The van der Waals surface area contributed by atoms with E-state index in [-0.39, 0.29) is 104 Å². The van der Waals surface area contributed by atoms with Crippen molar-refractivity contribution >= 4 is 11.9 Å². The van der Waals surface area contributed by atoms with Gasteiger partial charge in [0.05, 0.1) is 11.1 Å². The van der Waals surface area contributed by atoms with Gasteiger partial charge >= 0.3 is 101 Å². The van der Waals surface area contributed by atoms with Crippen LogP contribution in [0.25, 0.3) is 0 Å². The van der Waals surface area contributed by atoms with Gasteiger partial charge in [-0.3, -0.25) is 0 Å². The van der Waals surface area contributed by atoms with E-state index in [4.69, 9.17) is 10.2 Å². The standard InChI is InChI=1S/C8H6O4.3Na.3H/c9-7(10)5-1-2-6(4-3-5)8(11)12;;;;;;/h1-4H,(H,9,10)(H,11,12);;;;;;/q;3*+1;3*-1. The van der Waals surface area contributed by atoms with Gasteiger partial charge in [-0.25, -0.2) is 9.59 Å². The summed E-state index contributed by atoms with van der Waals surface area (Å²) >= 11 is 0. The summed E-state index contributed by atoms with van der Waals surface area (Å²) in [5, 5.41) is 16.9. The van der Waals surface area contributed by atoms with Crippen LogP contribution in [0.4, 0.5) is 0 Å². The Morgan fingerprint density at radius 1 is 0.800 bits per heavy atom. The van der Waals surface area contributed by atoms with E-state index in [0.29, 0.717) is 0 Å². The van der Waals surface area contributed by atoms with Crippen molar-refractivity contribution in [3.05, 3.63) is 35.4 Å². The van der Waals surface area contributed by atoms with Gasteiger partial charge in [0.1, 0.15) is 0 Å². The second-order valence-corrected chi connectivity index (χ2v) is 2.19. The summed E-state index contributed by atoms with van der Waals surface area (Å²) in [4.78, 5) is 20.7. The number of hydrogen-bond acceptors (Lipinski definition) is 2. The first kappa shape index (κ1) is 21.4. The van der Waals surface area contributed by atoms with Crippen LogP contribution in [-0.2, 0) is 0 Å². The van der Waals surface area contributed by atoms with Crippen LogP contribution < -0.4 is 88.7 Å². The van der Waals surface area contributed by atoms with Gasteiger partial charge in [0.15, 0.2) is 0 Å². The zero-order chi connectivity index (χ0) is 9.14. The Kier molecular flexibility index (Phi) is 14.8. The number of carboxylic acids is 2. The first-order valence-corrected chi connectivity index (χ1v) is 3.18. The monoisotopic (exact) mass is 238 g/mol. The maximum atomic E-state index is 10.3. The van der Waals surface area contributed by atoms with Crippen molar-refractivity contribution in [1.82, 2.24) is 0 Å². The topological polar surface area (TPSA) is 74.6 Å². The first-order chi connectivity index (χ1) is 5.61. The molecule has 0 fully saturated rings. The fraction of sp³-hybridized carbons (Fsp3) is 0. The van der Waals surface area contributed by atoms with Gasteiger partial charge in [-0.15, -0.1) is 0 Å². The minimum Gasteiger partial charge on any atom is -1.00 e. The molecule has 68 valence electrons. The molecule has 0 aliphatic rings. The molecule has 1 aromatic rings. The Balaban J connectivity index is -0.0000000600. The smallest absolute Gasteiger partial charge is 1.00 e. The van der Waals surface area contributed by atoms with Crippen LogP contribution >= 0.6 is 0 Å². The van der Waals surface area contributed by atoms with Gasteiger partial charge in [0.25, 0.3) is 0 Å². The van der Waals surface area contributed by atoms with Gasteiger partial charge in [0, 0.05) is 0 Å². The Morgan fingerprint density at radius 2 is 1.00 bits per heavy atom. The van der Waals surface area contributed by atoms with Gasteiger partial charge < -0.3 is 14.5 Å². The molecule has 0 amide bonds. The second-order valence-electron chi connectivity index (χ2n) is 2.19. The van der Waals surface area contributed by atoms with Crippen molar-refractivity contribution in [3.63, 3.8) is 0 Å². The van der Waals surface area contributed by atoms with E-state index in [1.807, 2.05) is 0 Å². The van der Waals surface area contributed by atoms with Gasteiger partial charge in [-0.05, 0) is 24.3 Å². The molecule has 0 saturated carbocycles. The number of carbonyl (C=O) groups is 2. The molecule has 7 heteroatoms. The summed E-state index contributed by atoms with van der Waals surface area (Å²) in [5.74, 6) is -2.13. The Morgan fingerprint density at radius 3 is 1.13 bits per heavy atom. The normalized spacial score (nSPS) is 7.47. The molecule has 0 heterocycles. The van der Waals surface area contributed by atoms with Crippen molar-refractivity contribution in [2.75, 3.05) is 0 Å². The molecule has 4 nitrogen and oxygen atoms in total. The number of carboxylic acid groups (broad SMARTS) is 2. The minimum atomic E-state index is -1.06. The van der Waals surface area contributed by atoms with Crippen molar-refractivity contribution in [2.24, 2.45) is 0 Å². The van der Waals surface area contributed by atoms with Crippen molar-refractivity contribution in [1.29, 1.82) is 0 Å². The molecule has 0 unspecified atom stereocenters. The minimum absolute atomic E-state index is 0. The van der Waals surface area contributed by atoms with Crippen LogP contribution in [0.2, 0.25) is 0 Å². The summed E-state index contributed by atoms with van der Waals surface area (Å²) in [6, 6.07) is 5.02. The molecule has 0 spiro atoms. The third kappa shape index (κ3) is 7.15. The fourth-order valence-corrected chi connectivity index (χ4v) is 0.755. The third-order valence-corrected chi connectivity index (χ3v) is 1.38. The second kappa shape index (κ2) is 10.3. The maximum Gasteiger partial charge on any atom is 1.00 e. The Bertz CT molecular complexity index is 302. The van der Waals surface area contributed by atoms with E-state index in [2.05, 4.69) is 0 Å². The molecule has 0 radical (unpaired) electrons. The average molecular weight is 238 g/mol.